The minimum atomic E-state index is -0.724. The Hall–Kier alpha value is 1.44. The number of rotatable bonds is 2. The number of ether oxygens (including phenoxy) is 1. The number of esters is 1. The van der Waals surface area contributed by atoms with Crippen molar-refractivity contribution in [3.8, 4) is 5.75 Å². The summed E-state index contributed by atoms with van der Waals surface area (Å²) in [6.45, 7) is -0.329. The maximum absolute atomic E-state index is 11.0. The Kier molecular flexibility index (Phi) is 19.0. The van der Waals surface area contributed by atoms with Crippen LogP contribution in [-0.2, 0) is 31.0 Å². The topological polar surface area (TPSA) is 115 Å². The van der Waals surface area contributed by atoms with Gasteiger partial charge in [0.2, 0.25) is 0 Å². The molecule has 1 aromatic carbocycles. The van der Waals surface area contributed by atoms with Crippen LogP contribution in [0.5, 0.6) is 5.75 Å². The Morgan fingerprint density at radius 2 is 1.20 bits per heavy atom. The van der Waals surface area contributed by atoms with E-state index in [2.05, 4.69) is 0 Å². The van der Waals surface area contributed by atoms with E-state index in [1.54, 1.807) is 0 Å². The van der Waals surface area contributed by atoms with Crippen LogP contribution in [0.1, 0.15) is 0 Å². The molecule has 0 bridgehead atoms. The molecule has 0 aliphatic rings. The molecule has 0 aliphatic carbocycles. The number of carbonyl (C=O) groups is 1. The van der Waals surface area contributed by atoms with E-state index in [1.165, 1.54) is 0 Å². The van der Waals surface area contributed by atoms with Crippen molar-refractivity contribution in [2.24, 2.45) is 5.73 Å². The van der Waals surface area contributed by atoms with Gasteiger partial charge in [-0.2, -0.15) is 0 Å². The van der Waals surface area contributed by atoms with Crippen molar-refractivity contribution in [2.75, 3.05) is 6.54 Å². The molecular weight excluding hydrogens is 470 g/mol. The molecule has 0 aromatic heterocycles. The van der Waals surface area contributed by atoms with Gasteiger partial charge in [-0.1, -0.05) is 58.0 Å². The molecule has 20 heavy (non-hydrogen) atoms. The van der Waals surface area contributed by atoms with Crippen LogP contribution in [0.25, 0.3) is 0 Å². The van der Waals surface area contributed by atoms with Gasteiger partial charge >= 0.3 is 5.97 Å². The normalized spacial score (nSPS) is 8.30. The predicted molar refractivity (Wildman–Crippen MR) is 83.3 cm³/mol. The maximum Gasteiger partial charge on any atom is 0.325 e. The van der Waals surface area contributed by atoms with Crippen molar-refractivity contribution >= 4 is 81.3 Å². The van der Waals surface area contributed by atoms with E-state index in [0.29, 0.717) is 0 Å². The third-order valence-electron chi connectivity index (χ3n) is 1.55. The zero-order valence-electron chi connectivity index (χ0n) is 8.99. The van der Waals surface area contributed by atoms with E-state index in [4.69, 9.17) is 68.5 Å². The molecule has 0 saturated heterocycles. The van der Waals surface area contributed by atoms with Crippen LogP contribution in [0.15, 0.2) is 0 Å². The molecule has 114 valence electrons. The molecule has 0 atom stereocenters. The van der Waals surface area contributed by atoms with Gasteiger partial charge in [-0.25, -0.2) is 0 Å². The first-order valence-electron chi connectivity index (χ1n) is 3.82. The molecule has 0 unspecified atom stereocenters. The zero-order chi connectivity index (χ0) is 12.5. The van der Waals surface area contributed by atoms with Crippen molar-refractivity contribution in [3.05, 3.63) is 25.1 Å². The summed E-state index contributed by atoms with van der Waals surface area (Å²) in [6, 6.07) is 0. The van der Waals surface area contributed by atoms with E-state index >= 15 is 0 Å². The standard InChI is InChI=1S/C8H4Cl5NO2.Al.2H2O.Zr.3H/c9-3-4(10)6(12)8(7(13)5(3)11)16-2(15)1-14;;;;;;;/h1,14H2;;2*1H2;;;;. The fourth-order valence-corrected chi connectivity index (χ4v) is 2.03. The first kappa shape index (κ1) is 29.4. The Morgan fingerprint density at radius 3 is 1.50 bits per heavy atom. The Morgan fingerprint density at radius 1 is 0.900 bits per heavy atom. The molecule has 0 amide bonds. The van der Waals surface area contributed by atoms with Gasteiger partial charge in [-0.15, -0.1) is 0 Å². The molecule has 0 spiro atoms. The zero-order valence-corrected chi connectivity index (χ0v) is 15.2. The molecule has 0 fully saturated rings. The quantitative estimate of drug-likeness (QED) is 0.224. The fourth-order valence-electron chi connectivity index (χ4n) is 0.830. The summed E-state index contributed by atoms with van der Waals surface area (Å²) in [5.74, 6) is -0.878. The van der Waals surface area contributed by atoms with E-state index in [9.17, 15) is 4.79 Å². The van der Waals surface area contributed by atoms with Crippen LogP contribution >= 0.6 is 58.0 Å². The molecule has 0 radical (unpaired) electrons. The van der Waals surface area contributed by atoms with E-state index in [1.807, 2.05) is 0 Å². The summed E-state index contributed by atoms with van der Waals surface area (Å²) in [5, 5.41) is -0.285. The van der Waals surface area contributed by atoms with Gasteiger partial charge in [0.05, 0.1) is 21.6 Å². The molecule has 1 rings (SSSR count). The summed E-state index contributed by atoms with van der Waals surface area (Å²) in [6.07, 6.45) is 0. The second kappa shape index (κ2) is 12.9. The number of hydrogen-bond donors (Lipinski definition) is 1. The monoisotopic (exact) mass is 477 g/mol. The van der Waals surface area contributed by atoms with Gasteiger partial charge in [-0.05, 0) is 0 Å². The molecule has 0 aliphatic heterocycles. The van der Waals surface area contributed by atoms with Gasteiger partial charge in [0, 0.05) is 26.2 Å². The minimum absolute atomic E-state index is 0. The second-order valence-electron chi connectivity index (χ2n) is 2.58. The first-order chi connectivity index (χ1) is 7.40. The average Bonchev–Trinajstić information content (AvgIpc) is 2.29. The van der Waals surface area contributed by atoms with Gasteiger partial charge < -0.3 is 21.4 Å². The number of benzene rings is 1. The molecular formula is C8H11AlCl5NO4Zr. The van der Waals surface area contributed by atoms with Crippen LogP contribution < -0.4 is 10.5 Å². The number of carbonyl (C=O) groups excluding carboxylic acids is 1. The maximum atomic E-state index is 11.0. The largest absolute Gasteiger partial charge is 0.422 e. The summed E-state index contributed by atoms with van der Waals surface area (Å²) >= 11 is 28.8. The third-order valence-corrected chi connectivity index (χ3v) is 3.79. The molecule has 12 heteroatoms. The molecule has 1 aromatic rings. The molecule has 6 N–H and O–H groups in total. The Labute approximate surface area is 169 Å². The second-order valence-corrected chi connectivity index (χ2v) is 4.47. The predicted octanol–water partition coefficient (Wildman–Crippen LogP) is 0.982. The van der Waals surface area contributed by atoms with Crippen molar-refractivity contribution in [1.82, 2.24) is 0 Å². The van der Waals surface area contributed by atoms with Gasteiger partial charge in [0.1, 0.15) is 10.0 Å². The van der Waals surface area contributed by atoms with Crippen LogP contribution in [0.4, 0.5) is 0 Å². The summed E-state index contributed by atoms with van der Waals surface area (Å²) in [4.78, 5) is 11.0. The number of halogens is 5. The smallest absolute Gasteiger partial charge is 0.325 e. The van der Waals surface area contributed by atoms with Crippen LogP contribution in [0.2, 0.25) is 25.1 Å². The number of nitrogens with two attached hydrogens (primary N) is 1. The SMILES string of the molecule is NCC(=O)Oc1c(Cl)c(Cl)c(Cl)c(Cl)c1Cl.O.O.[AlH3].[Zr]. The van der Waals surface area contributed by atoms with Gasteiger partial charge in [0.15, 0.2) is 23.1 Å². The van der Waals surface area contributed by atoms with E-state index in [0.717, 1.165) is 0 Å². The fraction of sp³-hybridized carbons (Fsp3) is 0.125. The van der Waals surface area contributed by atoms with Gasteiger partial charge in [0.25, 0.3) is 0 Å². The summed E-state index contributed by atoms with van der Waals surface area (Å²) in [5.41, 5.74) is 5.07. The molecule has 0 saturated carbocycles. The van der Waals surface area contributed by atoms with Crippen LogP contribution in [0, 0.1) is 0 Å². The van der Waals surface area contributed by atoms with Crippen molar-refractivity contribution in [3.63, 3.8) is 0 Å². The molecule has 0 heterocycles. The van der Waals surface area contributed by atoms with E-state index in [-0.39, 0.29) is 91.9 Å². The summed E-state index contributed by atoms with van der Waals surface area (Å²) < 4.78 is 4.79. The van der Waals surface area contributed by atoms with Crippen molar-refractivity contribution in [2.45, 2.75) is 0 Å². The van der Waals surface area contributed by atoms with E-state index < -0.39 is 5.97 Å². The van der Waals surface area contributed by atoms with Crippen LogP contribution in [-0.4, -0.2) is 40.8 Å². The Balaban J connectivity index is -0.000000320. The van der Waals surface area contributed by atoms with Crippen LogP contribution in [0.3, 0.4) is 0 Å². The first-order valence-corrected chi connectivity index (χ1v) is 5.71. The Bertz CT molecular complexity index is 436. The summed E-state index contributed by atoms with van der Waals surface area (Å²) in [7, 11) is 0. The number of hydrogen-bond acceptors (Lipinski definition) is 3. The average molecular weight is 481 g/mol. The minimum Gasteiger partial charge on any atom is -0.422 e. The third kappa shape index (κ3) is 6.68. The van der Waals surface area contributed by atoms with Gasteiger partial charge in [-0.3, -0.25) is 4.79 Å². The molecule has 5 nitrogen and oxygen atoms in total. The van der Waals surface area contributed by atoms with Crippen molar-refractivity contribution in [1.29, 1.82) is 0 Å². The van der Waals surface area contributed by atoms with Crippen molar-refractivity contribution < 1.29 is 46.7 Å².